The van der Waals surface area contributed by atoms with E-state index in [1.165, 1.54) is 0 Å². The van der Waals surface area contributed by atoms with Crippen LogP contribution in [0.4, 0.5) is 5.69 Å². The highest BCUT2D eigenvalue weighted by molar-refractivity contribution is 5.88. The van der Waals surface area contributed by atoms with Crippen LogP contribution in [-0.2, 0) is 20.6 Å². The normalized spacial score (nSPS) is 12.0. The number of nitrogens with one attached hydrogen (secondary N) is 1. The summed E-state index contributed by atoms with van der Waals surface area (Å²) in [6.07, 6.45) is -0.869. The molecule has 4 aromatic rings. The maximum Gasteiger partial charge on any atom is 0.335 e. The Morgan fingerprint density at radius 2 is 1.76 bits per heavy atom. The molecule has 1 heterocycles. The predicted octanol–water partition coefficient (Wildman–Crippen LogP) is 3.61. The van der Waals surface area contributed by atoms with E-state index in [2.05, 4.69) is 5.32 Å². The van der Waals surface area contributed by atoms with E-state index in [1.54, 1.807) is 47.5 Å². The molecule has 0 amide bonds. The van der Waals surface area contributed by atoms with Crippen LogP contribution in [-0.4, -0.2) is 31.9 Å². The summed E-state index contributed by atoms with van der Waals surface area (Å²) in [6.45, 7) is 2.38. The van der Waals surface area contributed by atoms with Crippen molar-refractivity contribution in [2.45, 2.75) is 19.6 Å². The maximum absolute atomic E-state index is 12.2. The minimum atomic E-state index is -0.958. The Morgan fingerprint density at radius 1 is 1.03 bits per heavy atom. The molecule has 176 valence electrons. The number of hydrogen-bond donors (Lipinski definition) is 3. The van der Waals surface area contributed by atoms with Crippen LogP contribution in [0.1, 0.15) is 33.2 Å². The molecular weight excluding hydrogens is 434 g/mol. The van der Waals surface area contributed by atoms with Gasteiger partial charge in [-0.15, -0.1) is 0 Å². The molecule has 3 aromatic carbocycles. The summed E-state index contributed by atoms with van der Waals surface area (Å²) < 4.78 is 9.08. The quantitative estimate of drug-likeness (QED) is 0.370. The summed E-state index contributed by atoms with van der Waals surface area (Å²) in [7, 11) is 3.42. The molecule has 0 spiro atoms. The Hall–Kier alpha value is -4.04. The van der Waals surface area contributed by atoms with Gasteiger partial charge in [-0.1, -0.05) is 24.3 Å². The van der Waals surface area contributed by atoms with Gasteiger partial charge in [-0.2, -0.15) is 0 Å². The molecule has 0 aliphatic heterocycles. The maximum atomic E-state index is 12.2. The second-order valence-corrected chi connectivity index (χ2v) is 8.27. The Bertz CT molecular complexity index is 1420. The number of anilines is 1. The van der Waals surface area contributed by atoms with Crippen molar-refractivity contribution >= 4 is 22.7 Å². The molecule has 0 fully saturated rings. The molecule has 0 radical (unpaired) electrons. The van der Waals surface area contributed by atoms with Crippen molar-refractivity contribution in [1.29, 1.82) is 0 Å². The number of carboxylic acid groups (broad SMARTS) is 1. The second kappa shape index (κ2) is 9.44. The van der Waals surface area contributed by atoms with Crippen LogP contribution in [0.3, 0.4) is 0 Å². The van der Waals surface area contributed by atoms with Crippen molar-refractivity contribution in [1.82, 2.24) is 9.13 Å². The fraction of sp³-hybridized carbons (Fsp3) is 0.231. The largest absolute Gasteiger partial charge is 0.490 e. The lowest BCUT2D eigenvalue weighted by atomic mass is 10.1. The van der Waals surface area contributed by atoms with Gasteiger partial charge in [-0.05, 0) is 54.4 Å². The van der Waals surface area contributed by atoms with Gasteiger partial charge in [0.1, 0.15) is 18.5 Å². The molecular formula is C26H27N3O5. The molecule has 0 saturated heterocycles. The van der Waals surface area contributed by atoms with E-state index >= 15 is 0 Å². The van der Waals surface area contributed by atoms with Gasteiger partial charge in [-0.25, -0.2) is 9.59 Å². The zero-order valence-electron chi connectivity index (χ0n) is 19.3. The number of aryl methyl sites for hydroxylation is 3. The number of carboxylic acids is 1. The lowest BCUT2D eigenvalue weighted by molar-refractivity contribution is 0.0696. The van der Waals surface area contributed by atoms with Gasteiger partial charge in [0, 0.05) is 31.9 Å². The van der Waals surface area contributed by atoms with Crippen molar-refractivity contribution in [3.05, 3.63) is 93.4 Å². The third kappa shape index (κ3) is 4.53. The second-order valence-electron chi connectivity index (χ2n) is 8.27. The third-order valence-corrected chi connectivity index (χ3v) is 5.99. The molecule has 0 aliphatic carbocycles. The summed E-state index contributed by atoms with van der Waals surface area (Å²) in [6, 6.07) is 17.9. The molecule has 0 bridgehead atoms. The molecule has 8 nitrogen and oxygen atoms in total. The van der Waals surface area contributed by atoms with E-state index in [9.17, 15) is 14.7 Å². The van der Waals surface area contributed by atoms with E-state index in [4.69, 9.17) is 9.84 Å². The number of carbonyl (C=O) groups is 1. The third-order valence-electron chi connectivity index (χ3n) is 5.99. The van der Waals surface area contributed by atoms with E-state index in [-0.39, 0.29) is 17.9 Å². The summed E-state index contributed by atoms with van der Waals surface area (Å²) >= 11 is 0. The van der Waals surface area contributed by atoms with Gasteiger partial charge in [0.25, 0.3) is 0 Å². The summed E-state index contributed by atoms with van der Waals surface area (Å²) in [5.74, 6) is -0.317. The molecule has 34 heavy (non-hydrogen) atoms. The number of hydrogen-bond acceptors (Lipinski definition) is 5. The van der Waals surface area contributed by atoms with Gasteiger partial charge in [0.2, 0.25) is 0 Å². The Kier molecular flexibility index (Phi) is 6.43. The minimum absolute atomic E-state index is 0.0512. The Balaban J connectivity index is 1.45. The van der Waals surface area contributed by atoms with Gasteiger partial charge in [-0.3, -0.25) is 9.13 Å². The molecule has 1 aromatic heterocycles. The van der Waals surface area contributed by atoms with Crippen molar-refractivity contribution < 1.29 is 19.7 Å². The Labute approximate surface area is 196 Å². The first-order valence-electron chi connectivity index (χ1n) is 10.9. The predicted molar refractivity (Wildman–Crippen MR) is 131 cm³/mol. The van der Waals surface area contributed by atoms with Crippen LogP contribution in [0.15, 0.2) is 65.5 Å². The molecule has 1 unspecified atom stereocenters. The van der Waals surface area contributed by atoms with Crippen LogP contribution in [0.25, 0.3) is 11.0 Å². The number of nitrogens with zero attached hydrogens (tertiary/aromatic N) is 2. The number of ether oxygens (including phenoxy) is 1. The highest BCUT2D eigenvalue weighted by Crippen LogP contribution is 2.25. The standard InChI is InChI=1S/C26H27N3O5/c1-16-12-18(25(31)32)8-10-20(16)27-14-19-6-4-5-7-24(19)34-15-23(30)17-9-11-21-22(13-17)29(3)26(33)28(21)2/h4-13,23,27,30H,14-15H2,1-3H3,(H,31,32). The molecule has 0 saturated carbocycles. The SMILES string of the molecule is Cc1cc(C(=O)O)ccc1NCc1ccccc1OCC(O)c1ccc2c(c1)n(C)c(=O)n2C. The van der Waals surface area contributed by atoms with Crippen LogP contribution >= 0.6 is 0 Å². The zero-order valence-corrected chi connectivity index (χ0v) is 19.3. The van der Waals surface area contributed by atoms with Crippen LogP contribution < -0.4 is 15.7 Å². The van der Waals surface area contributed by atoms with Gasteiger partial charge < -0.3 is 20.3 Å². The number of benzene rings is 3. The highest BCUT2D eigenvalue weighted by atomic mass is 16.5. The molecule has 8 heteroatoms. The van der Waals surface area contributed by atoms with Crippen molar-refractivity contribution in [2.24, 2.45) is 14.1 Å². The zero-order chi connectivity index (χ0) is 24.4. The fourth-order valence-electron chi connectivity index (χ4n) is 3.97. The number of fused-ring (bicyclic) bond motifs is 1. The van der Waals surface area contributed by atoms with Crippen LogP contribution in [0, 0.1) is 6.92 Å². The molecule has 4 rings (SSSR count). The fourth-order valence-corrected chi connectivity index (χ4v) is 3.97. The number of aromatic carboxylic acids is 1. The number of aliphatic hydroxyl groups is 1. The smallest absolute Gasteiger partial charge is 0.335 e. The monoisotopic (exact) mass is 461 g/mol. The lowest BCUT2D eigenvalue weighted by Crippen LogP contribution is -2.19. The number of aliphatic hydroxyl groups excluding tert-OH is 1. The van der Waals surface area contributed by atoms with E-state index < -0.39 is 12.1 Å². The summed E-state index contributed by atoms with van der Waals surface area (Å²) in [5, 5.41) is 23.2. The van der Waals surface area contributed by atoms with Crippen molar-refractivity contribution in [2.75, 3.05) is 11.9 Å². The first-order chi connectivity index (χ1) is 16.3. The van der Waals surface area contributed by atoms with E-state index in [0.717, 1.165) is 27.8 Å². The topological polar surface area (TPSA) is 106 Å². The van der Waals surface area contributed by atoms with Gasteiger partial charge >= 0.3 is 11.7 Å². The van der Waals surface area contributed by atoms with Crippen LogP contribution in [0.5, 0.6) is 5.75 Å². The average Bonchev–Trinajstić information content (AvgIpc) is 3.05. The van der Waals surface area contributed by atoms with Crippen LogP contribution in [0.2, 0.25) is 0 Å². The first-order valence-corrected chi connectivity index (χ1v) is 10.9. The van der Waals surface area contributed by atoms with Gasteiger partial charge in [0.05, 0.1) is 16.6 Å². The lowest BCUT2D eigenvalue weighted by Gasteiger charge is -2.17. The Morgan fingerprint density at radius 3 is 2.50 bits per heavy atom. The number of imidazole rings is 1. The summed E-state index contributed by atoms with van der Waals surface area (Å²) in [4.78, 5) is 23.3. The van der Waals surface area contributed by atoms with E-state index in [1.807, 2.05) is 43.3 Å². The molecule has 0 aliphatic rings. The number of aromatic nitrogens is 2. The number of rotatable bonds is 8. The highest BCUT2D eigenvalue weighted by Gasteiger charge is 2.14. The van der Waals surface area contributed by atoms with E-state index in [0.29, 0.717) is 17.9 Å². The summed E-state index contributed by atoms with van der Waals surface area (Å²) in [5.41, 5.74) is 4.91. The first kappa shape index (κ1) is 23.1. The molecule has 1 atom stereocenters. The molecule has 3 N–H and O–H groups in total. The average molecular weight is 462 g/mol. The van der Waals surface area contributed by atoms with Crippen molar-refractivity contribution in [3.8, 4) is 5.75 Å². The minimum Gasteiger partial charge on any atom is -0.490 e. The van der Waals surface area contributed by atoms with Crippen molar-refractivity contribution in [3.63, 3.8) is 0 Å². The number of para-hydroxylation sites is 1. The van der Waals surface area contributed by atoms with Gasteiger partial charge in [0.15, 0.2) is 0 Å².